The second-order valence-electron chi connectivity index (χ2n) is 11.5. The fourth-order valence-corrected chi connectivity index (χ4v) is 3.32. The Morgan fingerprint density at radius 1 is 0.711 bits per heavy atom. The fourth-order valence-electron chi connectivity index (χ4n) is 3.20. The topological polar surface area (TPSA) is 124 Å². The van der Waals surface area contributed by atoms with E-state index in [1.54, 1.807) is 69.3 Å². The number of anilines is 2. The van der Waals surface area contributed by atoms with E-state index in [1.165, 1.54) is 36.7 Å². The van der Waals surface area contributed by atoms with E-state index >= 15 is 0 Å². The van der Waals surface area contributed by atoms with E-state index in [2.05, 4.69) is 20.6 Å². The lowest BCUT2D eigenvalue weighted by atomic mass is 9.79. The molecule has 45 heavy (non-hydrogen) atoms. The summed E-state index contributed by atoms with van der Waals surface area (Å²) in [6.45, 7) is 10.9. The molecule has 2 aromatic carbocycles. The van der Waals surface area contributed by atoms with E-state index in [-0.39, 0.29) is 30.1 Å². The lowest BCUT2D eigenvalue weighted by Crippen LogP contribution is -2.36. The highest BCUT2D eigenvalue weighted by molar-refractivity contribution is 6.60. The Balaban J connectivity index is 0.000000362. The van der Waals surface area contributed by atoms with Gasteiger partial charge in [-0.25, -0.2) is 13.8 Å². The summed E-state index contributed by atoms with van der Waals surface area (Å²) in [6.07, 6.45) is 2.96. The minimum Gasteiger partial charge on any atom is -0.423 e. The van der Waals surface area contributed by atoms with Crippen molar-refractivity contribution < 1.29 is 28.4 Å². The van der Waals surface area contributed by atoms with Crippen molar-refractivity contribution in [1.29, 1.82) is 0 Å². The zero-order valence-corrected chi connectivity index (χ0v) is 26.2. The van der Waals surface area contributed by atoms with E-state index in [0.717, 1.165) is 0 Å². The molecule has 0 saturated heterocycles. The molecule has 0 spiro atoms. The second kappa shape index (κ2) is 17.3. The first-order valence-electron chi connectivity index (χ1n) is 13.6. The molecule has 2 heterocycles. The highest BCUT2D eigenvalue weighted by atomic mass is 35.5. The molecule has 8 nitrogen and oxygen atoms in total. The van der Waals surface area contributed by atoms with Crippen LogP contribution >= 0.6 is 11.6 Å². The third-order valence-electron chi connectivity index (χ3n) is 5.75. The first kappa shape index (κ1) is 38.8. The number of aromatic nitrogens is 2. The number of rotatable bonds is 4. The van der Waals surface area contributed by atoms with E-state index in [0.29, 0.717) is 22.4 Å². The number of nitrogens with one attached hydrogen (secondary N) is 2. The standard InChI is InChI=1S/C16H17FN2O.C11H16BNO3.C5H3ClFN.CH4/c1-16(2,3)15(20)19-13-9-5-4-7-11(13)14-12(17)8-6-10-18-14;1-11(2,3)10(14)13-9-7-5-4-6-8(9)12(15)16;6-5-4(7)2-1-3-8-5;/h4-10H,1-3H3,(H,19,20);4-7,15-16H,1-3H3,(H,13,14);1-3H;1H4. The number of nitrogens with zero attached hydrogens (tertiary/aromatic N) is 2. The highest BCUT2D eigenvalue weighted by Crippen LogP contribution is 2.29. The van der Waals surface area contributed by atoms with Gasteiger partial charge in [0.25, 0.3) is 0 Å². The Morgan fingerprint density at radius 2 is 1.18 bits per heavy atom. The normalized spacial score (nSPS) is 10.6. The molecule has 0 aliphatic carbocycles. The van der Waals surface area contributed by atoms with E-state index in [4.69, 9.17) is 21.6 Å². The SMILES string of the molecule is C.CC(C)(C)C(=O)Nc1ccccc1-c1ncccc1F.CC(C)(C)C(=O)Nc1ccccc1B(O)O.Fc1cccnc1Cl. The molecule has 0 saturated carbocycles. The van der Waals surface area contributed by atoms with Crippen LogP contribution in [0.5, 0.6) is 0 Å². The summed E-state index contributed by atoms with van der Waals surface area (Å²) in [5.74, 6) is -1.18. The molecule has 2 aromatic heterocycles. The van der Waals surface area contributed by atoms with Gasteiger partial charge in [-0.3, -0.25) is 14.6 Å². The summed E-state index contributed by atoms with van der Waals surface area (Å²) in [4.78, 5) is 31.3. The van der Waals surface area contributed by atoms with Crippen LogP contribution in [0.4, 0.5) is 20.2 Å². The molecular weight excluding hydrogens is 601 g/mol. The summed E-state index contributed by atoms with van der Waals surface area (Å²) in [6, 6.07) is 19.3. The molecule has 0 radical (unpaired) electrons. The maximum Gasteiger partial charge on any atom is 0.490 e. The summed E-state index contributed by atoms with van der Waals surface area (Å²) < 4.78 is 26.0. The van der Waals surface area contributed by atoms with E-state index < -0.39 is 29.6 Å². The van der Waals surface area contributed by atoms with Crippen molar-refractivity contribution in [3.8, 4) is 11.3 Å². The first-order chi connectivity index (χ1) is 20.5. The van der Waals surface area contributed by atoms with Crippen molar-refractivity contribution in [2.45, 2.75) is 49.0 Å². The molecule has 240 valence electrons. The maximum absolute atomic E-state index is 13.9. The van der Waals surface area contributed by atoms with E-state index in [9.17, 15) is 18.4 Å². The zero-order valence-electron chi connectivity index (χ0n) is 25.4. The number of hydrogen-bond acceptors (Lipinski definition) is 6. The van der Waals surface area contributed by atoms with Crippen molar-refractivity contribution in [1.82, 2.24) is 9.97 Å². The van der Waals surface area contributed by atoms with Gasteiger partial charge in [0.05, 0.1) is 5.69 Å². The summed E-state index contributed by atoms with van der Waals surface area (Å²) in [5.41, 5.74) is 1.05. The van der Waals surface area contributed by atoms with Crippen LogP contribution in [0.2, 0.25) is 5.15 Å². The Bertz CT molecular complexity index is 1540. The minimum atomic E-state index is -1.59. The van der Waals surface area contributed by atoms with Crippen LogP contribution in [0.3, 0.4) is 0 Å². The average molecular weight is 641 g/mol. The zero-order chi connectivity index (χ0) is 33.1. The van der Waals surface area contributed by atoms with Gasteiger partial charge >= 0.3 is 7.12 Å². The van der Waals surface area contributed by atoms with Crippen LogP contribution in [-0.2, 0) is 9.59 Å². The predicted molar refractivity (Wildman–Crippen MR) is 178 cm³/mol. The van der Waals surface area contributed by atoms with Gasteiger partial charge in [0.1, 0.15) is 11.5 Å². The van der Waals surface area contributed by atoms with Crippen LogP contribution in [-0.4, -0.2) is 38.9 Å². The molecule has 12 heteroatoms. The molecular formula is C33H40BClF2N4O4. The smallest absolute Gasteiger partial charge is 0.423 e. The third kappa shape index (κ3) is 12.4. The van der Waals surface area contributed by atoms with Crippen LogP contribution in [0.25, 0.3) is 11.3 Å². The van der Waals surface area contributed by atoms with Gasteiger partial charge in [0, 0.05) is 39.9 Å². The van der Waals surface area contributed by atoms with Crippen molar-refractivity contribution in [2.75, 3.05) is 10.6 Å². The van der Waals surface area contributed by atoms with Gasteiger partial charge in [0.15, 0.2) is 11.0 Å². The number of carbonyl (C=O) groups excluding carboxylic acids is 2. The van der Waals surface area contributed by atoms with Crippen molar-refractivity contribution in [3.63, 3.8) is 0 Å². The number of amides is 2. The monoisotopic (exact) mass is 640 g/mol. The quantitative estimate of drug-likeness (QED) is 0.145. The number of carbonyl (C=O) groups is 2. The molecule has 0 aliphatic heterocycles. The molecule has 0 atom stereocenters. The predicted octanol–water partition coefficient (Wildman–Crippen LogP) is 6.73. The van der Waals surface area contributed by atoms with Crippen LogP contribution in [0.1, 0.15) is 49.0 Å². The van der Waals surface area contributed by atoms with Gasteiger partial charge in [-0.1, -0.05) is 97.0 Å². The third-order valence-corrected chi connectivity index (χ3v) is 6.03. The number of para-hydroxylation sites is 2. The van der Waals surface area contributed by atoms with Crippen LogP contribution < -0.4 is 16.1 Å². The average Bonchev–Trinajstić information content (AvgIpc) is 2.95. The lowest BCUT2D eigenvalue weighted by Gasteiger charge is -2.19. The van der Waals surface area contributed by atoms with Gasteiger partial charge in [-0.2, -0.15) is 0 Å². The Morgan fingerprint density at radius 3 is 1.64 bits per heavy atom. The molecule has 4 rings (SSSR count). The molecule has 0 bridgehead atoms. The molecule has 0 unspecified atom stereocenters. The minimum absolute atomic E-state index is 0. The molecule has 4 N–H and O–H groups in total. The van der Waals surface area contributed by atoms with Gasteiger partial charge in [-0.05, 0) is 36.4 Å². The van der Waals surface area contributed by atoms with Crippen LogP contribution in [0.15, 0.2) is 85.2 Å². The second-order valence-corrected chi connectivity index (χ2v) is 11.9. The summed E-state index contributed by atoms with van der Waals surface area (Å²) in [7, 11) is -1.59. The molecule has 0 fully saturated rings. The fraction of sp³-hybridized carbons (Fsp3) is 0.273. The first-order valence-corrected chi connectivity index (χ1v) is 13.9. The number of benzene rings is 2. The van der Waals surface area contributed by atoms with Crippen molar-refractivity contribution in [2.24, 2.45) is 10.8 Å². The molecule has 0 aliphatic rings. The van der Waals surface area contributed by atoms with Gasteiger partial charge < -0.3 is 20.7 Å². The Hall–Kier alpha value is -4.19. The highest BCUT2D eigenvalue weighted by Gasteiger charge is 2.24. The van der Waals surface area contributed by atoms with E-state index in [1.807, 2.05) is 20.8 Å². The van der Waals surface area contributed by atoms with Crippen LogP contribution in [0, 0.1) is 22.5 Å². The van der Waals surface area contributed by atoms with Gasteiger partial charge in [-0.15, -0.1) is 0 Å². The summed E-state index contributed by atoms with van der Waals surface area (Å²) in [5, 5.41) is 23.7. The number of pyridine rings is 2. The number of hydrogen-bond donors (Lipinski definition) is 4. The Labute approximate surface area is 269 Å². The largest absolute Gasteiger partial charge is 0.490 e. The molecule has 2 amide bonds. The summed E-state index contributed by atoms with van der Waals surface area (Å²) >= 11 is 5.22. The van der Waals surface area contributed by atoms with Crippen molar-refractivity contribution in [3.05, 3.63) is 102 Å². The van der Waals surface area contributed by atoms with Gasteiger partial charge in [0.2, 0.25) is 11.8 Å². The number of halogens is 3. The van der Waals surface area contributed by atoms with Crippen molar-refractivity contribution >= 4 is 47.4 Å². The lowest BCUT2D eigenvalue weighted by molar-refractivity contribution is -0.123. The maximum atomic E-state index is 13.9. The molecule has 4 aromatic rings. The Kier molecular flexibility index (Phi) is 15.0.